The Labute approximate surface area is 266 Å². The molecule has 0 aromatic heterocycles. The second-order valence-electron chi connectivity index (χ2n) is 10.3. The maximum atomic E-state index is 14.2. The quantitative estimate of drug-likeness (QED) is 0.244. The zero-order valence-corrected chi connectivity index (χ0v) is 26.7. The Morgan fingerprint density at radius 3 is 2.14 bits per heavy atom. The molecule has 0 bridgehead atoms. The van der Waals surface area contributed by atoms with Crippen LogP contribution >= 0.6 is 46.4 Å². The van der Waals surface area contributed by atoms with E-state index >= 15 is 0 Å². The average molecular weight is 671 g/mol. The smallest absolute Gasteiger partial charge is 0.244 e. The number of anilines is 1. The number of halogens is 4. The van der Waals surface area contributed by atoms with E-state index in [0.29, 0.717) is 20.6 Å². The Morgan fingerprint density at radius 1 is 0.905 bits per heavy atom. The molecular formula is C30H31Cl4N3O4S. The minimum absolute atomic E-state index is 0.00276. The van der Waals surface area contributed by atoms with E-state index in [4.69, 9.17) is 46.4 Å². The lowest BCUT2D eigenvalue weighted by Gasteiger charge is -2.34. The average Bonchev–Trinajstić information content (AvgIpc) is 3.44. The van der Waals surface area contributed by atoms with Gasteiger partial charge in [0.05, 0.1) is 17.0 Å². The van der Waals surface area contributed by atoms with E-state index in [1.807, 2.05) is 30.3 Å². The molecular weight excluding hydrogens is 640 g/mol. The molecule has 1 aliphatic carbocycles. The van der Waals surface area contributed by atoms with Crippen LogP contribution in [0, 0.1) is 0 Å². The van der Waals surface area contributed by atoms with Crippen LogP contribution in [0.15, 0.2) is 66.7 Å². The van der Waals surface area contributed by atoms with Crippen molar-refractivity contribution in [2.45, 2.75) is 50.7 Å². The molecule has 1 saturated carbocycles. The molecule has 2 amide bonds. The van der Waals surface area contributed by atoms with Gasteiger partial charge in [-0.3, -0.25) is 13.9 Å². The monoisotopic (exact) mass is 669 g/mol. The van der Waals surface area contributed by atoms with Crippen LogP contribution in [-0.4, -0.2) is 50.0 Å². The Hall–Kier alpha value is -2.49. The lowest BCUT2D eigenvalue weighted by atomic mass is 10.0. The number of benzene rings is 3. The molecule has 1 atom stereocenters. The molecule has 1 N–H and O–H groups in total. The van der Waals surface area contributed by atoms with Gasteiger partial charge in [0.15, 0.2) is 0 Å². The molecule has 4 rings (SSSR count). The fourth-order valence-corrected chi connectivity index (χ4v) is 6.99. The highest BCUT2D eigenvalue weighted by Gasteiger charge is 2.35. The third kappa shape index (κ3) is 8.32. The van der Waals surface area contributed by atoms with Gasteiger partial charge in [-0.15, -0.1) is 0 Å². The van der Waals surface area contributed by atoms with E-state index in [-0.39, 0.29) is 35.6 Å². The fraction of sp³-hybridized carbons (Fsp3) is 0.333. The Kier molecular flexibility index (Phi) is 11.1. The van der Waals surface area contributed by atoms with Crippen LogP contribution in [0.2, 0.25) is 20.1 Å². The number of nitrogens with one attached hydrogen (secondary N) is 1. The van der Waals surface area contributed by atoms with Gasteiger partial charge in [0.2, 0.25) is 21.8 Å². The van der Waals surface area contributed by atoms with Crippen molar-refractivity contribution in [3.8, 4) is 0 Å². The van der Waals surface area contributed by atoms with Crippen LogP contribution in [-0.2, 0) is 32.6 Å². The Bertz CT molecular complexity index is 1510. The highest BCUT2D eigenvalue weighted by Crippen LogP contribution is 2.32. The van der Waals surface area contributed by atoms with Crippen molar-refractivity contribution in [3.63, 3.8) is 0 Å². The normalized spacial score (nSPS) is 14.4. The highest BCUT2D eigenvalue weighted by atomic mass is 35.5. The maximum absolute atomic E-state index is 14.2. The first kappa shape index (κ1) is 32.4. The summed E-state index contributed by atoms with van der Waals surface area (Å²) in [6.45, 7) is -0.747. The number of hydrogen-bond acceptors (Lipinski definition) is 4. The summed E-state index contributed by atoms with van der Waals surface area (Å²) in [5.41, 5.74) is 1.35. The van der Waals surface area contributed by atoms with Gasteiger partial charge in [-0.05, 0) is 48.7 Å². The third-order valence-corrected chi connectivity index (χ3v) is 9.59. The van der Waals surface area contributed by atoms with Crippen LogP contribution in [0.4, 0.5) is 5.69 Å². The molecule has 12 heteroatoms. The first-order valence-corrected chi connectivity index (χ1v) is 16.8. The van der Waals surface area contributed by atoms with E-state index in [1.54, 1.807) is 18.2 Å². The minimum atomic E-state index is -3.99. The van der Waals surface area contributed by atoms with Crippen LogP contribution in [0.5, 0.6) is 0 Å². The number of rotatable bonds is 11. The summed E-state index contributed by atoms with van der Waals surface area (Å²) in [4.78, 5) is 29.5. The van der Waals surface area contributed by atoms with E-state index in [0.717, 1.165) is 41.8 Å². The van der Waals surface area contributed by atoms with Crippen molar-refractivity contribution in [2.75, 3.05) is 17.1 Å². The van der Waals surface area contributed by atoms with E-state index in [2.05, 4.69) is 5.32 Å². The number of amides is 2. The molecule has 224 valence electrons. The predicted molar refractivity (Wildman–Crippen MR) is 170 cm³/mol. The molecule has 1 fully saturated rings. The van der Waals surface area contributed by atoms with Crippen LogP contribution in [0.1, 0.15) is 36.8 Å². The molecule has 0 spiro atoms. The molecule has 0 radical (unpaired) electrons. The number of carbonyl (C=O) groups is 2. The van der Waals surface area contributed by atoms with Crippen LogP contribution < -0.4 is 9.62 Å². The van der Waals surface area contributed by atoms with Gasteiger partial charge in [0.25, 0.3) is 0 Å². The second-order valence-corrected chi connectivity index (χ2v) is 13.8. The van der Waals surface area contributed by atoms with Crippen molar-refractivity contribution in [1.82, 2.24) is 10.2 Å². The van der Waals surface area contributed by atoms with Gasteiger partial charge < -0.3 is 10.2 Å². The van der Waals surface area contributed by atoms with Crippen molar-refractivity contribution in [2.24, 2.45) is 0 Å². The minimum Gasteiger partial charge on any atom is -0.352 e. The van der Waals surface area contributed by atoms with Gasteiger partial charge in [-0.1, -0.05) is 95.6 Å². The number of hydrogen-bond donors (Lipinski definition) is 1. The van der Waals surface area contributed by atoms with Gasteiger partial charge in [-0.25, -0.2) is 8.42 Å². The predicted octanol–water partition coefficient (Wildman–Crippen LogP) is 6.77. The highest BCUT2D eigenvalue weighted by molar-refractivity contribution is 7.92. The van der Waals surface area contributed by atoms with Crippen LogP contribution in [0.25, 0.3) is 0 Å². The van der Waals surface area contributed by atoms with E-state index in [9.17, 15) is 18.0 Å². The van der Waals surface area contributed by atoms with Crippen molar-refractivity contribution in [3.05, 3.63) is 97.9 Å². The Balaban J connectivity index is 1.77. The number of sulfonamides is 1. The zero-order chi connectivity index (χ0) is 30.4. The van der Waals surface area contributed by atoms with Crippen molar-refractivity contribution < 1.29 is 18.0 Å². The summed E-state index contributed by atoms with van der Waals surface area (Å²) >= 11 is 25.4. The summed E-state index contributed by atoms with van der Waals surface area (Å²) in [6.07, 6.45) is 4.90. The maximum Gasteiger partial charge on any atom is 0.244 e. The molecule has 3 aromatic carbocycles. The molecule has 0 unspecified atom stereocenters. The summed E-state index contributed by atoms with van der Waals surface area (Å²) in [7, 11) is -3.99. The van der Waals surface area contributed by atoms with Crippen molar-refractivity contribution in [1.29, 1.82) is 0 Å². The summed E-state index contributed by atoms with van der Waals surface area (Å²) in [5, 5.41) is 4.11. The first-order valence-electron chi connectivity index (χ1n) is 13.4. The molecule has 0 heterocycles. The van der Waals surface area contributed by atoms with Crippen LogP contribution in [0.3, 0.4) is 0 Å². The van der Waals surface area contributed by atoms with Crippen molar-refractivity contribution >= 4 is 73.9 Å². The fourth-order valence-electron chi connectivity index (χ4n) is 5.05. The van der Waals surface area contributed by atoms with Gasteiger partial charge in [0, 0.05) is 39.6 Å². The first-order chi connectivity index (χ1) is 19.9. The molecule has 7 nitrogen and oxygen atoms in total. The third-order valence-electron chi connectivity index (χ3n) is 7.22. The van der Waals surface area contributed by atoms with Gasteiger partial charge >= 0.3 is 0 Å². The zero-order valence-electron chi connectivity index (χ0n) is 22.9. The largest absolute Gasteiger partial charge is 0.352 e. The molecule has 3 aromatic rings. The van der Waals surface area contributed by atoms with Gasteiger partial charge in [0.1, 0.15) is 12.6 Å². The molecule has 0 saturated heterocycles. The standard InChI is InChI=1S/C30H31Cl4N3O4S/c1-42(40,41)37(27-15-14-21(31)17-26(27)34)19-29(38)36(18-23-24(32)12-7-13-25(23)33)28(16-20-8-3-2-4-9-20)30(39)35-22-10-5-6-11-22/h2-4,7-9,12-15,17,22,28H,5-6,10-11,16,18-19H2,1H3,(H,35,39)/t28-/m1/s1. The topological polar surface area (TPSA) is 86.8 Å². The summed E-state index contributed by atoms with van der Waals surface area (Å²) in [5.74, 6) is -0.970. The summed E-state index contributed by atoms with van der Waals surface area (Å²) < 4.78 is 26.8. The van der Waals surface area contributed by atoms with E-state index in [1.165, 1.54) is 23.1 Å². The number of carbonyl (C=O) groups excluding carboxylic acids is 2. The lowest BCUT2D eigenvalue weighted by molar-refractivity contribution is -0.140. The molecule has 0 aliphatic heterocycles. The number of nitrogens with zero attached hydrogens (tertiary/aromatic N) is 2. The summed E-state index contributed by atoms with van der Waals surface area (Å²) in [6, 6.07) is 17.6. The Morgan fingerprint density at radius 2 is 1.55 bits per heavy atom. The molecule has 42 heavy (non-hydrogen) atoms. The van der Waals surface area contributed by atoms with E-state index < -0.39 is 28.5 Å². The van der Waals surface area contributed by atoms with Gasteiger partial charge in [-0.2, -0.15) is 0 Å². The lowest BCUT2D eigenvalue weighted by Crippen LogP contribution is -2.54. The second kappa shape index (κ2) is 14.3. The SMILES string of the molecule is CS(=O)(=O)N(CC(=O)N(Cc1c(Cl)cccc1Cl)[C@H](Cc1ccccc1)C(=O)NC1CCCC1)c1ccc(Cl)cc1Cl. The molecule has 1 aliphatic rings.